The van der Waals surface area contributed by atoms with Gasteiger partial charge in [0, 0.05) is 29.2 Å². The van der Waals surface area contributed by atoms with Crippen LogP contribution < -0.4 is 21.1 Å². The molecule has 2 amide bonds. The summed E-state index contributed by atoms with van der Waals surface area (Å²) in [5, 5.41) is 9.32. The molecule has 11 heteroatoms. The molecule has 0 unspecified atom stereocenters. The number of fused-ring (bicyclic) bond motifs is 1. The van der Waals surface area contributed by atoms with Crippen molar-refractivity contribution in [3.63, 3.8) is 0 Å². The Balaban J connectivity index is 1.50. The van der Waals surface area contributed by atoms with Crippen molar-refractivity contribution in [3.8, 4) is 16.9 Å². The highest BCUT2D eigenvalue weighted by Gasteiger charge is 2.31. The summed E-state index contributed by atoms with van der Waals surface area (Å²) in [5.41, 5.74) is 10.2. The summed E-state index contributed by atoms with van der Waals surface area (Å²) >= 11 is 0. The number of hydrogen-bond acceptors (Lipinski definition) is 5. The number of nitrogen functional groups attached to an aromatic ring is 1. The predicted octanol–water partition coefficient (Wildman–Crippen LogP) is 5.08. The quantitative estimate of drug-likeness (QED) is 0.388. The Labute approximate surface area is 186 Å². The molecule has 0 spiro atoms. The molecule has 0 saturated carbocycles. The Kier molecular flexibility index (Phi) is 5.78. The average molecular weight is 456 g/mol. The number of ether oxygens (including phenoxy) is 1. The number of nitrogens with two attached hydrogens (primary N) is 1. The molecule has 0 atom stereocenters. The van der Waals surface area contributed by atoms with E-state index in [1.165, 1.54) is 18.5 Å². The van der Waals surface area contributed by atoms with E-state index < -0.39 is 18.1 Å². The van der Waals surface area contributed by atoms with Crippen LogP contribution in [0.25, 0.3) is 16.6 Å². The van der Waals surface area contributed by atoms with E-state index in [4.69, 9.17) is 5.73 Å². The van der Waals surface area contributed by atoms with Crippen molar-refractivity contribution in [2.45, 2.75) is 19.7 Å². The van der Waals surface area contributed by atoms with E-state index in [2.05, 4.69) is 25.5 Å². The zero-order chi connectivity index (χ0) is 23.6. The molecule has 4 aromatic rings. The average Bonchev–Trinajstić information content (AvgIpc) is 3.13. The van der Waals surface area contributed by atoms with Crippen molar-refractivity contribution in [3.05, 3.63) is 66.6 Å². The Morgan fingerprint density at radius 3 is 2.55 bits per heavy atom. The van der Waals surface area contributed by atoms with Gasteiger partial charge in [-0.2, -0.15) is 5.10 Å². The fourth-order valence-corrected chi connectivity index (χ4v) is 3.46. The molecule has 33 heavy (non-hydrogen) atoms. The fraction of sp³-hybridized carbons (Fsp3) is 0.136. The van der Waals surface area contributed by atoms with E-state index in [-0.39, 0.29) is 5.69 Å². The molecule has 4 rings (SSSR count). The van der Waals surface area contributed by atoms with Gasteiger partial charge in [-0.05, 0) is 41.8 Å². The lowest BCUT2D eigenvalue weighted by Gasteiger charge is -2.12. The highest BCUT2D eigenvalue weighted by molar-refractivity contribution is 6.00. The third-order valence-corrected chi connectivity index (χ3v) is 4.82. The van der Waals surface area contributed by atoms with Gasteiger partial charge in [0.2, 0.25) is 0 Å². The number of rotatable bonds is 5. The summed E-state index contributed by atoms with van der Waals surface area (Å²) in [5.74, 6) is -0.0718. The highest BCUT2D eigenvalue weighted by atomic mass is 19.4. The first-order valence-electron chi connectivity index (χ1n) is 9.88. The van der Waals surface area contributed by atoms with Crippen LogP contribution in [0, 0.1) is 0 Å². The Bertz CT molecular complexity index is 1300. The number of amides is 2. The number of urea groups is 1. The molecule has 0 fully saturated rings. The van der Waals surface area contributed by atoms with Crippen molar-refractivity contribution < 1.29 is 22.7 Å². The number of hydrogen-bond donors (Lipinski definition) is 3. The summed E-state index contributed by atoms with van der Waals surface area (Å²) in [6.07, 6.45) is -0.763. The van der Waals surface area contributed by atoms with E-state index in [0.29, 0.717) is 17.0 Å². The van der Waals surface area contributed by atoms with Gasteiger partial charge in [0.1, 0.15) is 17.6 Å². The van der Waals surface area contributed by atoms with Crippen molar-refractivity contribution in [1.29, 1.82) is 0 Å². The van der Waals surface area contributed by atoms with Crippen LogP contribution in [0.4, 0.5) is 35.2 Å². The van der Waals surface area contributed by atoms with E-state index >= 15 is 0 Å². The zero-order valence-electron chi connectivity index (χ0n) is 17.3. The number of anilines is 3. The zero-order valence-corrected chi connectivity index (χ0v) is 17.3. The summed E-state index contributed by atoms with van der Waals surface area (Å²) < 4.78 is 42.7. The third-order valence-electron chi connectivity index (χ3n) is 4.82. The van der Waals surface area contributed by atoms with Crippen molar-refractivity contribution in [1.82, 2.24) is 14.6 Å². The molecular weight excluding hydrogens is 437 g/mol. The van der Waals surface area contributed by atoms with Gasteiger partial charge in [-0.3, -0.25) is 0 Å². The monoisotopic (exact) mass is 456 g/mol. The van der Waals surface area contributed by atoms with Gasteiger partial charge in [-0.25, -0.2) is 14.3 Å². The highest BCUT2D eigenvalue weighted by Crippen LogP contribution is 2.33. The normalized spacial score (nSPS) is 11.4. The first kappa shape index (κ1) is 21.9. The lowest BCUT2D eigenvalue weighted by molar-refractivity contribution is -0.274. The largest absolute Gasteiger partial charge is 0.573 e. The topological polar surface area (TPSA) is 107 Å². The number of carbonyl (C=O) groups excluding carboxylic acids is 1. The van der Waals surface area contributed by atoms with Gasteiger partial charge in [0.15, 0.2) is 5.82 Å². The first-order valence-corrected chi connectivity index (χ1v) is 9.88. The molecule has 8 nitrogen and oxygen atoms in total. The number of aryl methyl sites for hydroxylation is 1. The standard InChI is InChI=1S/C22H19F3N6O2/c1-2-13-11-31-19(20(26)27-12-28-31)18(13)14-6-8-15(9-7-14)29-21(32)30-16-4-3-5-17(10-16)33-22(23,24)25/h3-12H,2H2,1H3,(H2,26,27,28)(H2,29,30,32). The van der Waals surface area contributed by atoms with Crippen LogP contribution in [0.2, 0.25) is 0 Å². The van der Waals surface area contributed by atoms with Gasteiger partial charge in [0.25, 0.3) is 0 Å². The maximum atomic E-state index is 12.4. The molecule has 0 radical (unpaired) electrons. The fourth-order valence-electron chi connectivity index (χ4n) is 3.46. The van der Waals surface area contributed by atoms with Gasteiger partial charge >= 0.3 is 12.4 Å². The van der Waals surface area contributed by atoms with Crippen LogP contribution >= 0.6 is 0 Å². The van der Waals surface area contributed by atoms with Crippen molar-refractivity contribution >= 4 is 28.7 Å². The second-order valence-electron chi connectivity index (χ2n) is 7.05. The number of aromatic nitrogens is 3. The van der Waals surface area contributed by atoms with Gasteiger partial charge in [-0.15, -0.1) is 13.2 Å². The number of alkyl halides is 3. The lowest BCUT2D eigenvalue weighted by atomic mass is 10.0. The lowest BCUT2D eigenvalue weighted by Crippen LogP contribution is -2.20. The number of nitrogens with one attached hydrogen (secondary N) is 2. The SMILES string of the molecule is CCc1cn2ncnc(N)c2c1-c1ccc(NC(=O)Nc2cccc(OC(F)(F)F)c2)cc1. The molecule has 0 bridgehead atoms. The molecule has 0 aliphatic heterocycles. The second kappa shape index (κ2) is 8.69. The van der Waals surface area contributed by atoms with Gasteiger partial charge in [-0.1, -0.05) is 25.1 Å². The van der Waals surface area contributed by atoms with Crippen LogP contribution in [0.1, 0.15) is 12.5 Å². The van der Waals surface area contributed by atoms with Gasteiger partial charge < -0.3 is 21.1 Å². The summed E-state index contributed by atoms with van der Waals surface area (Å²) in [6.45, 7) is 2.02. The number of halogens is 3. The van der Waals surface area contributed by atoms with Gasteiger partial charge in [0.05, 0.1) is 0 Å². The third kappa shape index (κ3) is 4.97. The number of benzene rings is 2. The molecule has 0 aliphatic rings. The van der Waals surface area contributed by atoms with E-state index in [9.17, 15) is 18.0 Å². The maximum Gasteiger partial charge on any atom is 0.573 e. The molecule has 2 aromatic heterocycles. The van der Waals surface area contributed by atoms with Crippen LogP contribution in [0.5, 0.6) is 5.75 Å². The van der Waals surface area contributed by atoms with Crippen LogP contribution in [-0.4, -0.2) is 27.0 Å². The maximum absolute atomic E-state index is 12.4. The molecule has 170 valence electrons. The minimum absolute atomic E-state index is 0.147. The van der Waals surface area contributed by atoms with Crippen LogP contribution in [-0.2, 0) is 6.42 Å². The molecule has 2 aromatic carbocycles. The summed E-state index contributed by atoms with van der Waals surface area (Å²) in [6, 6.07) is 11.5. The minimum Gasteiger partial charge on any atom is -0.406 e. The van der Waals surface area contributed by atoms with Crippen molar-refractivity contribution in [2.24, 2.45) is 0 Å². The summed E-state index contributed by atoms with van der Waals surface area (Å²) in [4.78, 5) is 16.4. The Morgan fingerprint density at radius 1 is 1.12 bits per heavy atom. The first-order chi connectivity index (χ1) is 15.7. The van der Waals surface area contributed by atoms with E-state index in [0.717, 1.165) is 35.2 Å². The van der Waals surface area contributed by atoms with E-state index in [1.54, 1.807) is 16.6 Å². The second-order valence-corrected chi connectivity index (χ2v) is 7.05. The van der Waals surface area contributed by atoms with Crippen LogP contribution in [0.15, 0.2) is 61.1 Å². The summed E-state index contributed by atoms with van der Waals surface area (Å²) in [7, 11) is 0. The Morgan fingerprint density at radius 2 is 1.85 bits per heavy atom. The number of carbonyl (C=O) groups is 1. The number of nitrogens with zero attached hydrogens (tertiary/aromatic N) is 3. The minimum atomic E-state index is -4.82. The van der Waals surface area contributed by atoms with E-state index in [1.807, 2.05) is 25.3 Å². The molecule has 4 N–H and O–H groups in total. The smallest absolute Gasteiger partial charge is 0.406 e. The molecular formula is C22H19F3N6O2. The Hall–Kier alpha value is -4.28. The molecule has 2 heterocycles. The molecule has 0 saturated heterocycles. The molecule has 0 aliphatic carbocycles. The predicted molar refractivity (Wildman–Crippen MR) is 118 cm³/mol. The van der Waals surface area contributed by atoms with Crippen LogP contribution in [0.3, 0.4) is 0 Å². The van der Waals surface area contributed by atoms with Crippen molar-refractivity contribution in [2.75, 3.05) is 16.4 Å².